The number of halogens is 3. The summed E-state index contributed by atoms with van der Waals surface area (Å²) < 4.78 is 48.0. The van der Waals surface area contributed by atoms with Crippen molar-refractivity contribution in [2.75, 3.05) is 20.3 Å². The summed E-state index contributed by atoms with van der Waals surface area (Å²) in [5.41, 5.74) is 0.133. The Bertz CT molecular complexity index is 763. The van der Waals surface area contributed by atoms with Gasteiger partial charge in [0.15, 0.2) is 0 Å². The van der Waals surface area contributed by atoms with Crippen molar-refractivity contribution >= 4 is 5.91 Å². The number of hydrogen-bond donors (Lipinski definition) is 2. The highest BCUT2D eigenvalue weighted by atomic mass is 19.4. The van der Waals surface area contributed by atoms with E-state index in [9.17, 15) is 23.1 Å². The molecule has 0 saturated carbocycles. The smallest absolute Gasteiger partial charge is 0.416 e. The monoisotopic (exact) mass is 397 g/mol. The number of carbonyl (C=O) groups is 1. The van der Waals surface area contributed by atoms with Gasteiger partial charge in [-0.15, -0.1) is 0 Å². The van der Waals surface area contributed by atoms with Gasteiger partial charge in [0.1, 0.15) is 24.2 Å². The maximum Gasteiger partial charge on any atom is 0.416 e. The van der Waals surface area contributed by atoms with Gasteiger partial charge in [0.25, 0.3) is 0 Å². The standard InChI is InChI=1S/C20H22F3NO4/c1-27-18-5-3-2-4-14(18)6-11-19(26)24-12-16(25)13-28-17-9-7-15(8-10-17)20(21,22)23/h2-5,7-10,16,25H,6,11-13H2,1H3,(H,24,26). The summed E-state index contributed by atoms with van der Waals surface area (Å²) in [6.45, 7) is -0.177. The van der Waals surface area contributed by atoms with Crippen molar-refractivity contribution in [1.82, 2.24) is 5.32 Å². The second-order valence-electron chi connectivity index (χ2n) is 6.10. The van der Waals surface area contributed by atoms with Crippen LogP contribution in [0, 0.1) is 0 Å². The molecule has 0 aliphatic rings. The average Bonchev–Trinajstić information content (AvgIpc) is 2.69. The van der Waals surface area contributed by atoms with Crippen LogP contribution in [0.15, 0.2) is 48.5 Å². The fourth-order valence-corrected chi connectivity index (χ4v) is 2.47. The lowest BCUT2D eigenvalue weighted by Gasteiger charge is -2.14. The Balaban J connectivity index is 1.70. The van der Waals surface area contributed by atoms with Crippen molar-refractivity contribution in [1.29, 1.82) is 0 Å². The summed E-state index contributed by atoms with van der Waals surface area (Å²) in [5.74, 6) is 0.675. The molecule has 0 spiro atoms. The molecule has 0 aliphatic heterocycles. The largest absolute Gasteiger partial charge is 0.496 e. The highest BCUT2D eigenvalue weighted by Crippen LogP contribution is 2.30. The van der Waals surface area contributed by atoms with Crippen LogP contribution in [0.4, 0.5) is 13.2 Å². The third kappa shape index (κ3) is 6.77. The Hall–Kier alpha value is -2.74. The summed E-state index contributed by atoms with van der Waals surface area (Å²) >= 11 is 0. The van der Waals surface area contributed by atoms with E-state index >= 15 is 0 Å². The molecule has 0 aromatic heterocycles. The van der Waals surface area contributed by atoms with Crippen LogP contribution >= 0.6 is 0 Å². The van der Waals surface area contributed by atoms with Gasteiger partial charge in [0, 0.05) is 13.0 Å². The van der Waals surface area contributed by atoms with Crippen LogP contribution in [0.1, 0.15) is 17.5 Å². The molecule has 2 N–H and O–H groups in total. The van der Waals surface area contributed by atoms with Crippen molar-refractivity contribution in [2.45, 2.75) is 25.1 Å². The molecule has 2 aromatic carbocycles. The molecule has 2 rings (SSSR count). The van der Waals surface area contributed by atoms with E-state index in [2.05, 4.69) is 5.32 Å². The minimum atomic E-state index is -4.41. The van der Waals surface area contributed by atoms with Gasteiger partial charge in [-0.05, 0) is 42.3 Å². The molecule has 0 aliphatic carbocycles. The number of ether oxygens (including phenoxy) is 2. The van der Waals surface area contributed by atoms with Crippen LogP contribution in [-0.4, -0.2) is 37.4 Å². The predicted molar refractivity (Wildman–Crippen MR) is 97.3 cm³/mol. The third-order valence-corrected chi connectivity index (χ3v) is 3.97. The van der Waals surface area contributed by atoms with Crippen LogP contribution in [0.3, 0.4) is 0 Å². The molecule has 0 bridgehead atoms. The van der Waals surface area contributed by atoms with Gasteiger partial charge in [-0.25, -0.2) is 0 Å². The van der Waals surface area contributed by atoms with Crippen molar-refractivity contribution in [2.24, 2.45) is 0 Å². The molecule has 5 nitrogen and oxygen atoms in total. The Labute approximate surface area is 161 Å². The van der Waals surface area contributed by atoms with Crippen LogP contribution < -0.4 is 14.8 Å². The number of benzene rings is 2. The van der Waals surface area contributed by atoms with Gasteiger partial charge < -0.3 is 19.9 Å². The summed E-state index contributed by atoms with van der Waals surface area (Å²) in [4.78, 5) is 11.9. The van der Waals surface area contributed by atoms with Crippen LogP contribution in [0.25, 0.3) is 0 Å². The Kier molecular flexibility index (Phi) is 7.69. The van der Waals surface area contributed by atoms with Crippen molar-refractivity contribution in [3.8, 4) is 11.5 Å². The second-order valence-corrected chi connectivity index (χ2v) is 6.10. The molecule has 8 heteroatoms. The van der Waals surface area contributed by atoms with E-state index in [0.717, 1.165) is 17.7 Å². The quantitative estimate of drug-likeness (QED) is 0.682. The van der Waals surface area contributed by atoms with Gasteiger partial charge in [0.05, 0.1) is 12.7 Å². The van der Waals surface area contributed by atoms with E-state index in [1.54, 1.807) is 7.11 Å². The number of aliphatic hydroxyl groups excluding tert-OH is 1. The zero-order valence-corrected chi connectivity index (χ0v) is 15.3. The highest BCUT2D eigenvalue weighted by molar-refractivity contribution is 5.76. The number of rotatable bonds is 9. The fourth-order valence-electron chi connectivity index (χ4n) is 2.47. The summed E-state index contributed by atoms with van der Waals surface area (Å²) in [7, 11) is 1.56. The number of methoxy groups -OCH3 is 1. The summed E-state index contributed by atoms with van der Waals surface area (Å²) in [6, 6.07) is 11.6. The van der Waals surface area contributed by atoms with Crippen LogP contribution in [0.5, 0.6) is 11.5 Å². The number of carbonyl (C=O) groups excluding carboxylic acids is 1. The second kappa shape index (κ2) is 9.98. The summed E-state index contributed by atoms with van der Waals surface area (Å²) in [5, 5.41) is 12.5. The Morgan fingerprint density at radius 2 is 1.82 bits per heavy atom. The van der Waals surface area contributed by atoms with E-state index in [1.165, 1.54) is 12.1 Å². The first-order chi connectivity index (χ1) is 13.3. The zero-order valence-electron chi connectivity index (χ0n) is 15.3. The molecule has 28 heavy (non-hydrogen) atoms. The Morgan fingerprint density at radius 3 is 2.46 bits per heavy atom. The lowest BCUT2D eigenvalue weighted by molar-refractivity contribution is -0.137. The number of amides is 1. The van der Waals surface area contributed by atoms with E-state index < -0.39 is 17.8 Å². The average molecular weight is 397 g/mol. The van der Waals surface area contributed by atoms with Crippen molar-refractivity contribution in [3.63, 3.8) is 0 Å². The first kappa shape index (κ1) is 21.6. The number of alkyl halides is 3. The molecule has 152 valence electrons. The van der Waals surface area contributed by atoms with E-state index in [0.29, 0.717) is 12.2 Å². The maximum absolute atomic E-state index is 12.5. The first-order valence-corrected chi connectivity index (χ1v) is 8.66. The fraction of sp³-hybridized carbons (Fsp3) is 0.350. The van der Waals surface area contributed by atoms with Crippen LogP contribution in [-0.2, 0) is 17.4 Å². The van der Waals surface area contributed by atoms with E-state index in [-0.39, 0.29) is 31.2 Å². The molecular formula is C20H22F3NO4. The molecule has 1 amide bonds. The van der Waals surface area contributed by atoms with Crippen LogP contribution in [0.2, 0.25) is 0 Å². The molecular weight excluding hydrogens is 375 g/mol. The molecule has 1 atom stereocenters. The number of aliphatic hydroxyl groups is 1. The van der Waals surface area contributed by atoms with Gasteiger partial charge in [-0.2, -0.15) is 13.2 Å². The first-order valence-electron chi connectivity index (χ1n) is 8.66. The molecule has 0 radical (unpaired) electrons. The van der Waals surface area contributed by atoms with Gasteiger partial charge in [-0.3, -0.25) is 4.79 Å². The zero-order chi connectivity index (χ0) is 20.6. The molecule has 0 heterocycles. The summed E-state index contributed by atoms with van der Waals surface area (Å²) in [6.07, 6.45) is -4.68. The lowest BCUT2D eigenvalue weighted by atomic mass is 10.1. The highest BCUT2D eigenvalue weighted by Gasteiger charge is 2.30. The SMILES string of the molecule is COc1ccccc1CCC(=O)NCC(O)COc1ccc(C(F)(F)F)cc1. The van der Waals surface area contributed by atoms with Crippen molar-refractivity contribution < 1.29 is 32.5 Å². The minimum absolute atomic E-state index is 0.0224. The Morgan fingerprint density at radius 1 is 1.14 bits per heavy atom. The normalized spacial score (nSPS) is 12.3. The van der Waals surface area contributed by atoms with E-state index in [4.69, 9.17) is 9.47 Å². The molecule has 0 fully saturated rings. The van der Waals surface area contributed by atoms with Gasteiger partial charge in [-0.1, -0.05) is 18.2 Å². The molecule has 0 saturated heterocycles. The van der Waals surface area contributed by atoms with Gasteiger partial charge >= 0.3 is 6.18 Å². The third-order valence-electron chi connectivity index (χ3n) is 3.97. The number of hydrogen-bond acceptors (Lipinski definition) is 4. The maximum atomic E-state index is 12.5. The lowest BCUT2D eigenvalue weighted by Crippen LogP contribution is -2.35. The molecule has 2 aromatic rings. The number of para-hydroxylation sites is 1. The predicted octanol–water partition coefficient (Wildman–Crippen LogP) is 3.20. The topological polar surface area (TPSA) is 67.8 Å². The number of nitrogens with one attached hydrogen (secondary N) is 1. The van der Waals surface area contributed by atoms with Gasteiger partial charge in [0.2, 0.25) is 5.91 Å². The van der Waals surface area contributed by atoms with E-state index in [1.807, 2.05) is 24.3 Å². The molecule has 1 unspecified atom stereocenters. The minimum Gasteiger partial charge on any atom is -0.496 e. The van der Waals surface area contributed by atoms with Crippen molar-refractivity contribution in [3.05, 3.63) is 59.7 Å². The number of aryl methyl sites for hydroxylation is 1.